The Hall–Kier alpha value is -1.36. The molecule has 0 unspecified atom stereocenters. The highest BCUT2D eigenvalue weighted by Crippen LogP contribution is 2.17. The van der Waals surface area contributed by atoms with E-state index in [-0.39, 0.29) is 0 Å². The van der Waals surface area contributed by atoms with Gasteiger partial charge in [-0.15, -0.1) is 11.6 Å². The zero-order chi connectivity index (χ0) is 15.3. The lowest BCUT2D eigenvalue weighted by Gasteiger charge is -2.17. The normalized spacial score (nSPS) is 11.8. The van der Waals surface area contributed by atoms with Crippen LogP contribution in [0.5, 0.6) is 0 Å². The number of sulfonamides is 1. The summed E-state index contributed by atoms with van der Waals surface area (Å²) in [5.41, 5.74) is 2.00. The van der Waals surface area contributed by atoms with Crippen molar-refractivity contribution in [3.8, 4) is 0 Å². The van der Waals surface area contributed by atoms with Crippen LogP contribution in [0, 0.1) is 0 Å². The summed E-state index contributed by atoms with van der Waals surface area (Å²) in [7, 11) is -1.88. The van der Waals surface area contributed by atoms with Gasteiger partial charge in [0, 0.05) is 19.5 Å². The molecule has 3 nitrogen and oxygen atoms in total. The van der Waals surface area contributed by atoms with Gasteiger partial charge in [-0.3, -0.25) is 0 Å². The van der Waals surface area contributed by atoms with E-state index in [9.17, 15) is 8.42 Å². The van der Waals surface area contributed by atoms with Crippen LogP contribution in [0.2, 0.25) is 0 Å². The first-order valence-corrected chi connectivity index (χ1v) is 8.66. The number of alkyl halides is 1. The number of nitrogens with zero attached hydrogens (tertiary/aromatic N) is 1. The summed E-state index contributed by atoms with van der Waals surface area (Å²) in [5.74, 6) is 0.528. The molecule has 0 amide bonds. The smallest absolute Gasteiger partial charge is 0.207 e. The zero-order valence-corrected chi connectivity index (χ0v) is 13.4. The fraction of sp³-hybridized carbons (Fsp3) is 0.250. The molecule has 0 saturated heterocycles. The SMILES string of the molecule is CN(Cc1ccccc1)S(=O)(=O)c1ccc(CCCl)cc1. The van der Waals surface area contributed by atoms with Crippen molar-refractivity contribution in [2.75, 3.05) is 12.9 Å². The van der Waals surface area contributed by atoms with E-state index < -0.39 is 10.0 Å². The van der Waals surface area contributed by atoms with E-state index in [0.29, 0.717) is 17.3 Å². The standard InChI is InChI=1S/C16H18ClNO2S/c1-18(13-15-5-3-2-4-6-15)21(19,20)16-9-7-14(8-10-16)11-12-17/h2-10H,11-13H2,1H3. The Morgan fingerprint density at radius 1 is 0.952 bits per heavy atom. The van der Waals surface area contributed by atoms with Crippen LogP contribution in [-0.2, 0) is 23.0 Å². The summed E-state index contributed by atoms with van der Waals surface area (Å²) in [6, 6.07) is 16.4. The summed E-state index contributed by atoms with van der Waals surface area (Å²) >= 11 is 5.68. The Labute approximate surface area is 131 Å². The Morgan fingerprint density at radius 3 is 2.14 bits per heavy atom. The molecular formula is C16H18ClNO2S. The fourth-order valence-corrected chi connectivity index (χ4v) is 3.42. The molecule has 0 aliphatic rings. The number of hydrogen-bond donors (Lipinski definition) is 0. The van der Waals surface area contributed by atoms with Crippen molar-refractivity contribution < 1.29 is 8.42 Å². The molecule has 0 aromatic heterocycles. The molecule has 0 aliphatic heterocycles. The summed E-state index contributed by atoms with van der Waals surface area (Å²) in [4.78, 5) is 0.305. The van der Waals surface area contributed by atoms with Crippen LogP contribution in [0.1, 0.15) is 11.1 Å². The van der Waals surface area contributed by atoms with Gasteiger partial charge in [-0.2, -0.15) is 4.31 Å². The molecule has 0 spiro atoms. The summed E-state index contributed by atoms with van der Waals surface area (Å²) < 4.78 is 26.4. The average Bonchev–Trinajstić information content (AvgIpc) is 2.49. The van der Waals surface area contributed by atoms with Crippen LogP contribution >= 0.6 is 11.6 Å². The van der Waals surface area contributed by atoms with Crippen molar-refractivity contribution in [1.29, 1.82) is 0 Å². The van der Waals surface area contributed by atoms with Gasteiger partial charge in [0.05, 0.1) is 4.90 Å². The average molecular weight is 324 g/mol. The molecule has 5 heteroatoms. The Balaban J connectivity index is 2.16. The van der Waals surface area contributed by atoms with Crippen LogP contribution in [0.3, 0.4) is 0 Å². The largest absolute Gasteiger partial charge is 0.243 e. The van der Waals surface area contributed by atoms with Gasteiger partial charge >= 0.3 is 0 Å². The van der Waals surface area contributed by atoms with E-state index in [4.69, 9.17) is 11.6 Å². The van der Waals surface area contributed by atoms with Gasteiger partial charge in [0.25, 0.3) is 0 Å². The Morgan fingerprint density at radius 2 is 1.57 bits per heavy atom. The molecule has 0 heterocycles. The van der Waals surface area contributed by atoms with E-state index in [1.165, 1.54) is 4.31 Å². The van der Waals surface area contributed by atoms with Gasteiger partial charge in [0.2, 0.25) is 10.0 Å². The number of hydrogen-bond acceptors (Lipinski definition) is 2. The molecule has 0 aliphatic carbocycles. The Bertz CT molecular complexity index is 669. The first kappa shape index (κ1) is 16.0. The zero-order valence-electron chi connectivity index (χ0n) is 11.9. The first-order valence-electron chi connectivity index (χ1n) is 6.69. The lowest BCUT2D eigenvalue weighted by Crippen LogP contribution is -2.26. The van der Waals surface area contributed by atoms with Crippen molar-refractivity contribution in [1.82, 2.24) is 4.31 Å². The highest BCUT2D eigenvalue weighted by Gasteiger charge is 2.20. The van der Waals surface area contributed by atoms with Crippen molar-refractivity contribution >= 4 is 21.6 Å². The van der Waals surface area contributed by atoms with Crippen LogP contribution in [0.15, 0.2) is 59.5 Å². The third-order valence-corrected chi connectivity index (χ3v) is 5.27. The van der Waals surface area contributed by atoms with Gasteiger partial charge < -0.3 is 0 Å². The van der Waals surface area contributed by atoms with E-state index in [1.54, 1.807) is 19.2 Å². The van der Waals surface area contributed by atoms with Crippen LogP contribution in [0.4, 0.5) is 0 Å². The maximum atomic E-state index is 12.5. The maximum Gasteiger partial charge on any atom is 0.243 e. The number of aryl methyl sites for hydroxylation is 1. The molecule has 0 radical (unpaired) electrons. The Kier molecular flexibility index (Phi) is 5.39. The van der Waals surface area contributed by atoms with E-state index >= 15 is 0 Å². The third kappa shape index (κ3) is 4.06. The van der Waals surface area contributed by atoms with Gasteiger partial charge in [0.15, 0.2) is 0 Å². The second-order valence-corrected chi connectivity index (χ2v) is 7.25. The molecule has 21 heavy (non-hydrogen) atoms. The van der Waals surface area contributed by atoms with Crippen molar-refractivity contribution in [3.05, 3.63) is 65.7 Å². The van der Waals surface area contributed by atoms with Crippen LogP contribution in [-0.4, -0.2) is 25.7 Å². The molecule has 2 aromatic carbocycles. The fourth-order valence-electron chi connectivity index (χ4n) is 2.04. The summed E-state index contributed by atoms with van der Waals surface area (Å²) in [6.45, 7) is 0.354. The monoisotopic (exact) mass is 323 g/mol. The summed E-state index contributed by atoms with van der Waals surface area (Å²) in [5, 5.41) is 0. The lowest BCUT2D eigenvalue weighted by molar-refractivity contribution is 0.466. The topological polar surface area (TPSA) is 37.4 Å². The number of benzene rings is 2. The molecular weight excluding hydrogens is 306 g/mol. The van der Waals surface area contributed by atoms with Crippen LogP contribution in [0.25, 0.3) is 0 Å². The highest BCUT2D eigenvalue weighted by atomic mass is 35.5. The number of halogens is 1. The predicted octanol–water partition coefficient (Wildman–Crippen LogP) is 3.29. The van der Waals surface area contributed by atoms with E-state index in [0.717, 1.165) is 17.5 Å². The molecule has 0 saturated carbocycles. The van der Waals surface area contributed by atoms with Crippen molar-refractivity contribution in [2.45, 2.75) is 17.9 Å². The maximum absolute atomic E-state index is 12.5. The first-order chi connectivity index (χ1) is 10.0. The van der Waals surface area contributed by atoms with E-state index in [2.05, 4.69) is 0 Å². The van der Waals surface area contributed by atoms with Crippen molar-refractivity contribution in [3.63, 3.8) is 0 Å². The predicted molar refractivity (Wildman–Crippen MR) is 86.0 cm³/mol. The van der Waals surface area contributed by atoms with Gasteiger partial charge in [-0.1, -0.05) is 42.5 Å². The minimum atomic E-state index is -3.47. The lowest BCUT2D eigenvalue weighted by atomic mass is 10.2. The van der Waals surface area contributed by atoms with Crippen LogP contribution < -0.4 is 0 Å². The molecule has 0 fully saturated rings. The van der Waals surface area contributed by atoms with Gasteiger partial charge in [0.1, 0.15) is 0 Å². The second kappa shape index (κ2) is 7.07. The van der Waals surface area contributed by atoms with Crippen molar-refractivity contribution in [2.24, 2.45) is 0 Å². The molecule has 0 bridgehead atoms. The minimum Gasteiger partial charge on any atom is -0.207 e. The third-order valence-electron chi connectivity index (χ3n) is 3.26. The number of rotatable bonds is 6. The molecule has 2 aromatic rings. The molecule has 2 rings (SSSR count). The highest BCUT2D eigenvalue weighted by molar-refractivity contribution is 7.89. The second-order valence-electron chi connectivity index (χ2n) is 4.83. The molecule has 0 N–H and O–H groups in total. The quantitative estimate of drug-likeness (QED) is 0.765. The van der Waals surface area contributed by atoms with Gasteiger partial charge in [-0.05, 0) is 29.7 Å². The minimum absolute atomic E-state index is 0.305. The molecule has 0 atom stereocenters. The summed E-state index contributed by atoms with van der Waals surface area (Å²) in [6.07, 6.45) is 0.738. The van der Waals surface area contributed by atoms with Gasteiger partial charge in [-0.25, -0.2) is 8.42 Å². The van der Waals surface area contributed by atoms with E-state index in [1.807, 2.05) is 42.5 Å². The molecule has 112 valence electrons.